The predicted molar refractivity (Wildman–Crippen MR) is 130 cm³/mol. The number of carbonyl (C=O) groups is 2. The smallest absolute Gasteiger partial charge is 0.308 e. The summed E-state index contributed by atoms with van der Waals surface area (Å²) in [5.74, 6) is -0.685. The van der Waals surface area contributed by atoms with Gasteiger partial charge in [0, 0.05) is 54.9 Å². The molecule has 0 bridgehead atoms. The van der Waals surface area contributed by atoms with E-state index in [0.717, 1.165) is 16.7 Å². The van der Waals surface area contributed by atoms with Crippen molar-refractivity contribution in [2.45, 2.75) is 26.1 Å². The molecule has 0 saturated carbocycles. The number of carboxylic acids is 1. The average molecular weight is 449 g/mol. The summed E-state index contributed by atoms with van der Waals surface area (Å²) in [6.07, 6.45) is -2.00. The second kappa shape index (κ2) is 10.3. The SMILES string of the molecule is [2H]C([2H])(C(=O)O)c1c(N(C)C)nc(Cc2ccc(CC(=O)c3ccc(C)cc3)cc2)nc1N(C)C. The van der Waals surface area contributed by atoms with Gasteiger partial charge in [-0.15, -0.1) is 0 Å². The zero-order valence-corrected chi connectivity index (χ0v) is 19.6. The van der Waals surface area contributed by atoms with Gasteiger partial charge in [0.1, 0.15) is 17.5 Å². The lowest BCUT2D eigenvalue weighted by Gasteiger charge is -2.22. The lowest BCUT2D eigenvalue weighted by Crippen LogP contribution is -2.22. The summed E-state index contributed by atoms with van der Waals surface area (Å²) >= 11 is 0. The largest absolute Gasteiger partial charge is 0.481 e. The number of rotatable bonds is 9. The van der Waals surface area contributed by atoms with Gasteiger partial charge in [-0.1, -0.05) is 54.1 Å². The Bertz CT molecular complexity index is 1200. The summed E-state index contributed by atoms with van der Waals surface area (Å²) in [6.45, 7) is 1.98. The van der Waals surface area contributed by atoms with E-state index in [1.165, 1.54) is 0 Å². The molecule has 0 aliphatic heterocycles. The molecule has 0 spiro atoms. The number of carbonyl (C=O) groups excluding carboxylic acids is 1. The van der Waals surface area contributed by atoms with Gasteiger partial charge in [0.15, 0.2) is 5.78 Å². The van der Waals surface area contributed by atoms with Gasteiger partial charge in [0.05, 0.1) is 6.37 Å². The molecule has 7 nitrogen and oxygen atoms in total. The minimum Gasteiger partial charge on any atom is -0.481 e. The lowest BCUT2D eigenvalue weighted by molar-refractivity contribution is -0.136. The predicted octanol–water partition coefficient (Wildman–Crippen LogP) is 3.56. The van der Waals surface area contributed by atoms with Crippen molar-refractivity contribution in [3.8, 4) is 0 Å². The normalized spacial score (nSPS) is 12.0. The minimum atomic E-state index is -2.66. The maximum atomic E-state index is 12.6. The van der Waals surface area contributed by atoms with Crippen LogP contribution in [0.25, 0.3) is 0 Å². The Morgan fingerprint density at radius 1 is 0.879 bits per heavy atom. The van der Waals surface area contributed by atoms with E-state index >= 15 is 0 Å². The average Bonchev–Trinajstić information content (AvgIpc) is 2.79. The van der Waals surface area contributed by atoms with Crippen LogP contribution in [0.15, 0.2) is 48.5 Å². The van der Waals surface area contributed by atoms with Gasteiger partial charge in [0.2, 0.25) is 0 Å². The molecular formula is C26H30N4O3. The first kappa shape index (κ1) is 21.1. The second-order valence-electron chi connectivity index (χ2n) is 8.34. The highest BCUT2D eigenvalue weighted by molar-refractivity contribution is 5.97. The Kier molecular flexibility index (Phi) is 6.56. The molecule has 33 heavy (non-hydrogen) atoms. The zero-order valence-electron chi connectivity index (χ0n) is 21.6. The third-order valence-electron chi connectivity index (χ3n) is 5.12. The first-order chi connectivity index (χ1) is 16.4. The van der Waals surface area contributed by atoms with Crippen LogP contribution in [0, 0.1) is 6.92 Å². The van der Waals surface area contributed by atoms with E-state index in [0.29, 0.717) is 24.2 Å². The number of nitrogens with zero attached hydrogens (tertiary/aromatic N) is 4. The van der Waals surface area contributed by atoms with E-state index in [1.54, 1.807) is 38.0 Å². The summed E-state index contributed by atoms with van der Waals surface area (Å²) in [5, 5.41) is 9.49. The van der Waals surface area contributed by atoms with Gasteiger partial charge in [0.25, 0.3) is 0 Å². The standard InChI is InChI=1S/C26H30N4O3/c1-17-6-12-20(13-7-17)22(31)14-18-8-10-19(11-9-18)15-23-27-25(29(2)3)21(16-24(32)33)26(28-23)30(4)5/h6-13H,14-16H2,1-5H3,(H,32,33)/i16D2. The Morgan fingerprint density at radius 3 is 1.88 bits per heavy atom. The molecule has 7 heteroatoms. The maximum Gasteiger partial charge on any atom is 0.308 e. The molecule has 3 aromatic rings. The van der Waals surface area contributed by atoms with Crippen LogP contribution in [0.2, 0.25) is 0 Å². The Morgan fingerprint density at radius 2 is 1.39 bits per heavy atom. The molecule has 0 atom stereocenters. The number of benzene rings is 2. The van der Waals surface area contributed by atoms with Crippen molar-refractivity contribution in [3.63, 3.8) is 0 Å². The van der Waals surface area contributed by atoms with E-state index in [1.807, 2.05) is 55.5 Å². The number of Topliss-reactive ketones (excluding diaryl/α,β-unsaturated/α-hetero) is 1. The number of aliphatic carboxylic acids is 1. The minimum absolute atomic E-state index is 0.0515. The van der Waals surface area contributed by atoms with Crippen molar-refractivity contribution in [2.75, 3.05) is 38.0 Å². The molecular weight excluding hydrogens is 416 g/mol. The number of aromatic nitrogens is 2. The number of aryl methyl sites for hydroxylation is 1. The summed E-state index contributed by atoms with van der Waals surface area (Å²) in [5.41, 5.74) is 3.51. The van der Waals surface area contributed by atoms with E-state index in [4.69, 9.17) is 2.74 Å². The molecule has 0 fully saturated rings. The highest BCUT2D eigenvalue weighted by atomic mass is 16.4. The molecule has 0 aliphatic carbocycles. The molecule has 3 rings (SSSR count). The number of hydrogen-bond acceptors (Lipinski definition) is 6. The number of carboxylic acid groups (broad SMARTS) is 1. The fourth-order valence-electron chi connectivity index (χ4n) is 3.41. The van der Waals surface area contributed by atoms with E-state index in [9.17, 15) is 14.7 Å². The van der Waals surface area contributed by atoms with Crippen molar-refractivity contribution in [3.05, 3.63) is 82.2 Å². The van der Waals surface area contributed by atoms with Crippen molar-refractivity contribution in [1.29, 1.82) is 0 Å². The van der Waals surface area contributed by atoms with Gasteiger partial charge in [-0.2, -0.15) is 0 Å². The molecule has 1 heterocycles. The monoisotopic (exact) mass is 448 g/mol. The lowest BCUT2D eigenvalue weighted by atomic mass is 10.0. The topological polar surface area (TPSA) is 86.6 Å². The maximum absolute atomic E-state index is 12.6. The van der Waals surface area contributed by atoms with E-state index < -0.39 is 12.3 Å². The molecule has 2 aromatic carbocycles. The van der Waals surface area contributed by atoms with Gasteiger partial charge in [-0.05, 0) is 18.1 Å². The molecule has 0 saturated heterocycles. The fraction of sp³-hybridized carbons (Fsp3) is 0.308. The number of hydrogen-bond donors (Lipinski definition) is 1. The molecule has 0 amide bonds. The van der Waals surface area contributed by atoms with Crippen molar-refractivity contribution < 1.29 is 17.4 Å². The number of ketones is 1. The molecule has 1 aromatic heterocycles. The van der Waals surface area contributed by atoms with E-state index in [2.05, 4.69) is 9.97 Å². The zero-order chi connectivity index (χ0) is 25.9. The van der Waals surface area contributed by atoms with Crippen LogP contribution in [0.4, 0.5) is 11.6 Å². The van der Waals surface area contributed by atoms with Gasteiger partial charge in [-0.3, -0.25) is 9.59 Å². The Hall–Kier alpha value is -3.74. The summed E-state index contributed by atoms with van der Waals surface area (Å²) in [7, 11) is 6.75. The van der Waals surface area contributed by atoms with Gasteiger partial charge < -0.3 is 14.9 Å². The summed E-state index contributed by atoms with van der Waals surface area (Å²) in [6, 6.07) is 15.2. The Balaban J connectivity index is 1.87. The van der Waals surface area contributed by atoms with Crippen LogP contribution in [0.5, 0.6) is 0 Å². The van der Waals surface area contributed by atoms with Crippen LogP contribution in [-0.2, 0) is 24.0 Å². The van der Waals surface area contributed by atoms with Gasteiger partial charge in [-0.25, -0.2) is 9.97 Å². The Labute approximate surface area is 197 Å². The van der Waals surface area contributed by atoms with E-state index in [-0.39, 0.29) is 23.0 Å². The quantitative estimate of drug-likeness (QED) is 0.501. The molecule has 1 N–H and O–H groups in total. The van der Waals surface area contributed by atoms with Gasteiger partial charge >= 0.3 is 5.97 Å². The third kappa shape index (κ3) is 6.16. The molecule has 0 aliphatic rings. The molecule has 172 valence electrons. The van der Waals surface area contributed by atoms with Crippen LogP contribution in [-0.4, -0.2) is 55.0 Å². The highest BCUT2D eigenvalue weighted by Crippen LogP contribution is 2.27. The van der Waals surface area contributed by atoms with Crippen molar-refractivity contribution in [2.24, 2.45) is 0 Å². The summed E-state index contributed by atoms with van der Waals surface area (Å²) < 4.78 is 16.3. The number of anilines is 2. The summed E-state index contributed by atoms with van der Waals surface area (Å²) in [4.78, 5) is 36.4. The van der Waals surface area contributed by atoms with Crippen LogP contribution in [0.3, 0.4) is 0 Å². The van der Waals surface area contributed by atoms with Crippen molar-refractivity contribution >= 4 is 23.4 Å². The highest BCUT2D eigenvalue weighted by Gasteiger charge is 2.20. The van der Waals surface area contributed by atoms with Crippen molar-refractivity contribution in [1.82, 2.24) is 9.97 Å². The second-order valence-corrected chi connectivity index (χ2v) is 8.34. The molecule has 0 unspecified atom stereocenters. The van der Waals surface area contributed by atoms with Crippen LogP contribution < -0.4 is 9.80 Å². The fourth-order valence-corrected chi connectivity index (χ4v) is 3.41. The first-order valence-electron chi connectivity index (χ1n) is 11.6. The van der Waals surface area contributed by atoms with Crippen LogP contribution >= 0.6 is 0 Å². The first-order valence-corrected chi connectivity index (χ1v) is 10.6. The molecule has 0 radical (unpaired) electrons. The van der Waals surface area contributed by atoms with Crippen LogP contribution in [0.1, 0.15) is 41.2 Å². The third-order valence-corrected chi connectivity index (χ3v) is 5.12.